The molecule has 0 saturated carbocycles. The number of aromatic hydroxyl groups is 1. The molecular formula is C21H23ClN4O4S. The number of benzene rings is 1. The average molecular weight is 463 g/mol. The summed E-state index contributed by atoms with van der Waals surface area (Å²) >= 11 is 8.01. The number of morpholine rings is 1. The number of hydrogen-bond acceptors (Lipinski definition) is 8. The van der Waals surface area contributed by atoms with Crippen molar-refractivity contribution in [1.82, 2.24) is 14.9 Å². The monoisotopic (exact) mass is 462 g/mol. The zero-order valence-electron chi connectivity index (χ0n) is 17.2. The number of amides is 1. The van der Waals surface area contributed by atoms with Crippen molar-refractivity contribution in [2.75, 3.05) is 38.2 Å². The molecule has 2 N–H and O–H groups in total. The Balaban J connectivity index is 1.58. The largest absolute Gasteiger partial charge is 0.507 e. The molecule has 0 aliphatic carbocycles. The second-order valence-corrected chi connectivity index (χ2v) is 8.66. The van der Waals surface area contributed by atoms with Gasteiger partial charge >= 0.3 is 0 Å². The van der Waals surface area contributed by atoms with Gasteiger partial charge in [-0.3, -0.25) is 4.79 Å². The maximum absolute atomic E-state index is 12.4. The molecule has 0 unspecified atom stereocenters. The van der Waals surface area contributed by atoms with Gasteiger partial charge in [0.05, 0.1) is 24.4 Å². The van der Waals surface area contributed by atoms with Crippen molar-refractivity contribution in [1.29, 1.82) is 0 Å². The third kappa shape index (κ3) is 4.84. The molecule has 0 atom stereocenters. The van der Waals surface area contributed by atoms with Crippen molar-refractivity contribution in [3.05, 3.63) is 28.6 Å². The molecule has 1 aliphatic heterocycles. The van der Waals surface area contributed by atoms with E-state index >= 15 is 0 Å². The Morgan fingerprint density at radius 3 is 2.84 bits per heavy atom. The number of carbonyl (C=O) groups excluding carboxylic acids is 1. The van der Waals surface area contributed by atoms with Gasteiger partial charge in [0.2, 0.25) is 0 Å². The lowest BCUT2D eigenvalue weighted by atomic mass is 10.1. The van der Waals surface area contributed by atoms with Crippen molar-refractivity contribution >= 4 is 44.9 Å². The van der Waals surface area contributed by atoms with E-state index in [4.69, 9.17) is 21.1 Å². The van der Waals surface area contributed by atoms with Crippen molar-refractivity contribution in [2.24, 2.45) is 0 Å². The molecule has 10 heteroatoms. The number of halogens is 1. The van der Waals surface area contributed by atoms with Crippen LogP contribution in [0.25, 0.3) is 22.3 Å². The third-order valence-electron chi connectivity index (χ3n) is 4.76. The molecule has 2 aromatic heterocycles. The molecular weight excluding hydrogens is 440 g/mol. The molecule has 1 aromatic carbocycles. The second-order valence-electron chi connectivity index (χ2n) is 7.42. The van der Waals surface area contributed by atoms with Gasteiger partial charge in [-0.1, -0.05) is 11.6 Å². The predicted octanol–water partition coefficient (Wildman–Crippen LogP) is 3.78. The van der Waals surface area contributed by atoms with E-state index in [1.54, 1.807) is 23.1 Å². The Kier molecular flexibility index (Phi) is 6.45. The van der Waals surface area contributed by atoms with Gasteiger partial charge < -0.3 is 24.8 Å². The van der Waals surface area contributed by atoms with Gasteiger partial charge in [0, 0.05) is 36.0 Å². The van der Waals surface area contributed by atoms with E-state index in [0.717, 1.165) is 5.13 Å². The van der Waals surface area contributed by atoms with Crippen molar-refractivity contribution in [3.63, 3.8) is 0 Å². The van der Waals surface area contributed by atoms with Gasteiger partial charge in [-0.05, 0) is 26.0 Å². The van der Waals surface area contributed by atoms with Crippen LogP contribution in [0.5, 0.6) is 11.5 Å². The highest BCUT2D eigenvalue weighted by atomic mass is 35.5. The molecule has 8 nitrogen and oxygen atoms in total. The smallest absolute Gasteiger partial charge is 0.260 e. The molecule has 164 valence electrons. The fourth-order valence-electron chi connectivity index (χ4n) is 3.21. The van der Waals surface area contributed by atoms with Gasteiger partial charge in [-0.15, -0.1) is 11.3 Å². The number of hydrogen-bond donors (Lipinski definition) is 2. The molecule has 1 fully saturated rings. The van der Waals surface area contributed by atoms with Crippen molar-refractivity contribution in [3.8, 4) is 22.9 Å². The zero-order chi connectivity index (χ0) is 22.0. The predicted molar refractivity (Wildman–Crippen MR) is 121 cm³/mol. The number of rotatable bonds is 6. The third-order valence-corrected chi connectivity index (χ3v) is 5.89. The van der Waals surface area contributed by atoms with Crippen LogP contribution in [-0.4, -0.2) is 64.8 Å². The van der Waals surface area contributed by atoms with E-state index in [-0.39, 0.29) is 29.3 Å². The van der Waals surface area contributed by atoms with Crippen LogP contribution in [0.4, 0.5) is 5.13 Å². The number of nitrogens with zero attached hydrogens (tertiary/aromatic N) is 3. The first-order valence-corrected chi connectivity index (χ1v) is 11.2. The minimum absolute atomic E-state index is 0.0456. The quantitative estimate of drug-likeness (QED) is 0.575. The lowest BCUT2D eigenvalue weighted by Crippen LogP contribution is -2.43. The van der Waals surface area contributed by atoms with E-state index in [0.29, 0.717) is 54.3 Å². The number of anilines is 1. The Hall–Kier alpha value is -2.62. The summed E-state index contributed by atoms with van der Waals surface area (Å²) in [6.45, 7) is 6.09. The van der Waals surface area contributed by atoms with Gasteiger partial charge in [-0.25, -0.2) is 9.97 Å². The summed E-state index contributed by atoms with van der Waals surface area (Å²) in [5.41, 5.74) is 1.52. The van der Waals surface area contributed by atoms with Crippen LogP contribution in [0.2, 0.25) is 5.02 Å². The van der Waals surface area contributed by atoms with Gasteiger partial charge in [0.15, 0.2) is 11.7 Å². The Morgan fingerprint density at radius 1 is 1.32 bits per heavy atom. The molecule has 3 heterocycles. The highest BCUT2D eigenvalue weighted by Gasteiger charge is 2.19. The fourth-order valence-corrected chi connectivity index (χ4v) is 4.33. The number of carbonyl (C=O) groups is 1. The molecule has 1 amide bonds. The normalized spacial score (nSPS) is 14.3. The topological polar surface area (TPSA) is 96.8 Å². The maximum atomic E-state index is 12.4. The minimum atomic E-state index is -0.132. The van der Waals surface area contributed by atoms with Gasteiger partial charge in [-0.2, -0.15) is 0 Å². The van der Waals surface area contributed by atoms with Crippen LogP contribution >= 0.6 is 22.9 Å². The number of nitrogens with one attached hydrogen (secondary N) is 1. The van der Waals surface area contributed by atoms with E-state index < -0.39 is 0 Å². The standard InChI is InChI=1S/C21H23ClN4O4S/c1-12(2)23-21-25-15(11-31-21)14-9-16(27)13-3-4-17(19(22)20(13)24-14)30-10-18(28)26-5-7-29-8-6-26/h3-4,9,11-12H,5-8,10H2,1-2H3,(H,23,25)(H,24,27). The highest BCUT2D eigenvalue weighted by Crippen LogP contribution is 2.38. The summed E-state index contributed by atoms with van der Waals surface area (Å²) in [7, 11) is 0. The molecule has 1 saturated heterocycles. The first kappa shape index (κ1) is 21.6. The van der Waals surface area contributed by atoms with Crippen LogP contribution in [0, 0.1) is 0 Å². The van der Waals surface area contributed by atoms with E-state index in [1.165, 1.54) is 11.3 Å². The second kappa shape index (κ2) is 9.25. The number of thiazole rings is 1. The summed E-state index contributed by atoms with van der Waals surface area (Å²) < 4.78 is 10.9. The first-order valence-electron chi connectivity index (χ1n) is 9.95. The number of pyridine rings is 1. The molecule has 0 spiro atoms. The Labute approximate surface area is 188 Å². The SMILES string of the molecule is CC(C)Nc1nc(-c2cc(O)c3ccc(OCC(=O)N4CCOCC4)c(Cl)c3n2)cs1. The molecule has 0 bridgehead atoms. The fraction of sp³-hybridized carbons (Fsp3) is 0.381. The van der Waals surface area contributed by atoms with E-state index in [2.05, 4.69) is 15.3 Å². The molecule has 0 radical (unpaired) electrons. The number of fused-ring (bicyclic) bond motifs is 1. The van der Waals surface area contributed by atoms with Gasteiger partial charge in [0.25, 0.3) is 5.91 Å². The Bertz CT molecular complexity index is 1100. The highest BCUT2D eigenvalue weighted by molar-refractivity contribution is 7.14. The lowest BCUT2D eigenvalue weighted by molar-refractivity contribution is -0.137. The van der Waals surface area contributed by atoms with E-state index in [1.807, 2.05) is 19.2 Å². The summed E-state index contributed by atoms with van der Waals surface area (Å²) in [5.74, 6) is 0.251. The van der Waals surface area contributed by atoms with Crippen molar-refractivity contribution in [2.45, 2.75) is 19.9 Å². The number of ether oxygens (including phenoxy) is 2. The Morgan fingerprint density at radius 2 is 2.10 bits per heavy atom. The van der Waals surface area contributed by atoms with Crippen LogP contribution < -0.4 is 10.1 Å². The van der Waals surface area contributed by atoms with E-state index in [9.17, 15) is 9.90 Å². The number of aromatic nitrogens is 2. The average Bonchev–Trinajstić information content (AvgIpc) is 3.21. The van der Waals surface area contributed by atoms with Crippen LogP contribution in [0.15, 0.2) is 23.6 Å². The summed E-state index contributed by atoms with van der Waals surface area (Å²) in [6, 6.07) is 5.13. The summed E-state index contributed by atoms with van der Waals surface area (Å²) in [5, 5.41) is 17.1. The molecule has 3 aromatic rings. The molecule has 31 heavy (non-hydrogen) atoms. The van der Waals surface area contributed by atoms with Crippen LogP contribution in [-0.2, 0) is 9.53 Å². The maximum Gasteiger partial charge on any atom is 0.260 e. The first-order chi connectivity index (χ1) is 14.9. The zero-order valence-corrected chi connectivity index (χ0v) is 18.8. The van der Waals surface area contributed by atoms with Crippen LogP contribution in [0.3, 0.4) is 0 Å². The summed E-state index contributed by atoms with van der Waals surface area (Å²) in [4.78, 5) is 23.2. The minimum Gasteiger partial charge on any atom is -0.507 e. The summed E-state index contributed by atoms with van der Waals surface area (Å²) in [6.07, 6.45) is 0. The molecule has 4 rings (SSSR count). The molecule has 1 aliphatic rings. The van der Waals surface area contributed by atoms with Crippen molar-refractivity contribution < 1.29 is 19.4 Å². The van der Waals surface area contributed by atoms with Gasteiger partial charge in [0.1, 0.15) is 22.2 Å². The van der Waals surface area contributed by atoms with Crippen LogP contribution in [0.1, 0.15) is 13.8 Å². The lowest BCUT2D eigenvalue weighted by Gasteiger charge is -2.26.